The monoisotopic (exact) mass is 514 g/mol. The molecule has 0 spiro atoms. The Hall–Kier alpha value is -4.88. The van der Waals surface area contributed by atoms with Gasteiger partial charge in [-0.05, 0) is 22.4 Å². The van der Waals surface area contributed by atoms with Crippen LogP contribution in [0.4, 0.5) is 5.13 Å². The maximum absolute atomic E-state index is 13.7. The number of hydrogen-bond donors (Lipinski definition) is 1. The van der Waals surface area contributed by atoms with Crippen LogP contribution in [0, 0.1) is 0 Å². The molecular formula is C31H22N4O2S. The van der Waals surface area contributed by atoms with Gasteiger partial charge in [0.1, 0.15) is 5.56 Å². The summed E-state index contributed by atoms with van der Waals surface area (Å²) in [6, 6.07) is 33.2. The van der Waals surface area contributed by atoms with Crippen LogP contribution in [-0.2, 0) is 7.05 Å². The summed E-state index contributed by atoms with van der Waals surface area (Å²) in [5.41, 5.74) is 3.84. The van der Waals surface area contributed by atoms with Crippen LogP contribution in [0.5, 0.6) is 0 Å². The van der Waals surface area contributed by atoms with Gasteiger partial charge in [0.2, 0.25) is 0 Å². The molecule has 0 aliphatic heterocycles. The van der Waals surface area contributed by atoms with E-state index in [2.05, 4.69) is 39.7 Å². The lowest BCUT2D eigenvalue weighted by Crippen LogP contribution is -2.31. The van der Waals surface area contributed by atoms with Crippen LogP contribution in [0.3, 0.4) is 0 Å². The fourth-order valence-corrected chi connectivity index (χ4v) is 5.21. The quantitative estimate of drug-likeness (QED) is 0.280. The van der Waals surface area contributed by atoms with Gasteiger partial charge < -0.3 is 0 Å². The van der Waals surface area contributed by atoms with E-state index >= 15 is 0 Å². The Morgan fingerprint density at radius 3 is 2.18 bits per heavy atom. The normalized spacial score (nSPS) is 11.0. The standard InChI is InChI=1S/C31H22N4O2S/c1-35-30(37)27(26(21-11-4-2-5-12-21)28(34-35)22-13-6-3-7-14-22)29(36)33-31-32-25(19-38-31)24-17-16-20-10-8-9-15-23(20)18-24/h2-19H,1H3,(H,32,33,36). The van der Waals surface area contributed by atoms with Crippen LogP contribution < -0.4 is 10.9 Å². The first-order chi connectivity index (χ1) is 18.6. The van der Waals surface area contributed by atoms with Crippen molar-refractivity contribution in [2.24, 2.45) is 7.05 Å². The minimum Gasteiger partial charge on any atom is -0.298 e. The zero-order chi connectivity index (χ0) is 26.1. The number of hydrogen-bond acceptors (Lipinski definition) is 5. The van der Waals surface area contributed by atoms with E-state index in [1.807, 2.05) is 84.2 Å². The predicted molar refractivity (Wildman–Crippen MR) is 153 cm³/mol. The van der Waals surface area contributed by atoms with Crippen LogP contribution in [0.25, 0.3) is 44.4 Å². The van der Waals surface area contributed by atoms with E-state index in [1.54, 1.807) is 7.05 Å². The molecule has 0 radical (unpaired) electrons. The highest BCUT2D eigenvalue weighted by Gasteiger charge is 2.25. The number of carbonyl (C=O) groups is 1. The molecule has 0 bridgehead atoms. The Bertz CT molecular complexity index is 1840. The number of aryl methyl sites for hydroxylation is 1. The third-order valence-electron chi connectivity index (χ3n) is 6.35. The third kappa shape index (κ3) is 4.40. The van der Waals surface area contributed by atoms with Crippen molar-refractivity contribution in [3.63, 3.8) is 0 Å². The van der Waals surface area contributed by atoms with E-state index in [1.165, 1.54) is 16.0 Å². The summed E-state index contributed by atoms with van der Waals surface area (Å²) in [6.07, 6.45) is 0. The number of benzene rings is 4. The minimum atomic E-state index is -0.525. The predicted octanol–water partition coefficient (Wildman–Crippen LogP) is 6.64. The first-order valence-electron chi connectivity index (χ1n) is 12.1. The maximum atomic E-state index is 13.7. The largest absolute Gasteiger partial charge is 0.298 e. The molecule has 184 valence electrons. The van der Waals surface area contributed by atoms with Gasteiger partial charge in [-0.25, -0.2) is 9.67 Å². The molecular weight excluding hydrogens is 492 g/mol. The second kappa shape index (κ2) is 9.88. The zero-order valence-corrected chi connectivity index (χ0v) is 21.3. The van der Waals surface area contributed by atoms with Crippen molar-refractivity contribution in [3.05, 3.63) is 124 Å². The van der Waals surface area contributed by atoms with Crippen LogP contribution in [0.2, 0.25) is 0 Å². The molecule has 4 aromatic carbocycles. The van der Waals surface area contributed by atoms with Gasteiger partial charge >= 0.3 is 0 Å². The number of nitrogens with zero attached hydrogens (tertiary/aromatic N) is 3. The first kappa shape index (κ1) is 23.5. The van der Waals surface area contributed by atoms with E-state index in [-0.39, 0.29) is 5.56 Å². The second-order valence-corrected chi connectivity index (χ2v) is 9.67. The van der Waals surface area contributed by atoms with Gasteiger partial charge in [0.05, 0.1) is 11.4 Å². The molecule has 0 aliphatic rings. The van der Waals surface area contributed by atoms with Gasteiger partial charge in [0.15, 0.2) is 5.13 Å². The lowest BCUT2D eigenvalue weighted by Gasteiger charge is -2.15. The molecule has 1 amide bonds. The van der Waals surface area contributed by atoms with E-state index in [9.17, 15) is 9.59 Å². The van der Waals surface area contributed by atoms with Crippen molar-refractivity contribution < 1.29 is 4.79 Å². The van der Waals surface area contributed by atoms with Crippen LogP contribution in [0.15, 0.2) is 113 Å². The van der Waals surface area contributed by atoms with Gasteiger partial charge in [-0.1, -0.05) is 97.1 Å². The summed E-state index contributed by atoms with van der Waals surface area (Å²) in [5, 5.41) is 12.0. The smallest absolute Gasteiger partial charge is 0.280 e. The number of carbonyl (C=O) groups excluding carboxylic acids is 1. The number of rotatable bonds is 5. The van der Waals surface area contributed by atoms with Gasteiger partial charge in [-0.2, -0.15) is 5.10 Å². The summed E-state index contributed by atoms with van der Waals surface area (Å²) in [4.78, 5) is 31.7. The molecule has 0 unspecified atom stereocenters. The Labute approximate surface area is 222 Å². The highest BCUT2D eigenvalue weighted by atomic mass is 32.1. The minimum absolute atomic E-state index is 0.0232. The van der Waals surface area contributed by atoms with Gasteiger partial charge in [-0.3, -0.25) is 14.9 Å². The fourth-order valence-electron chi connectivity index (χ4n) is 4.50. The molecule has 1 N–H and O–H groups in total. The Balaban J connectivity index is 1.42. The molecule has 38 heavy (non-hydrogen) atoms. The number of anilines is 1. The molecule has 0 atom stereocenters. The van der Waals surface area contributed by atoms with Crippen molar-refractivity contribution in [3.8, 4) is 33.6 Å². The average molecular weight is 515 g/mol. The van der Waals surface area contributed by atoms with E-state index < -0.39 is 11.5 Å². The molecule has 0 fully saturated rings. The number of fused-ring (bicyclic) bond motifs is 1. The average Bonchev–Trinajstić information content (AvgIpc) is 3.43. The lowest BCUT2D eigenvalue weighted by atomic mass is 9.95. The number of nitrogens with one attached hydrogen (secondary N) is 1. The number of thiazole rings is 1. The molecule has 7 heteroatoms. The summed E-state index contributed by atoms with van der Waals surface area (Å²) >= 11 is 1.32. The Kier molecular flexibility index (Phi) is 6.11. The molecule has 6 nitrogen and oxygen atoms in total. The molecule has 2 aromatic heterocycles. The first-order valence-corrected chi connectivity index (χ1v) is 12.9. The van der Waals surface area contributed by atoms with E-state index in [0.717, 1.165) is 33.2 Å². The van der Waals surface area contributed by atoms with Gasteiger partial charge in [0, 0.05) is 29.1 Å². The molecule has 0 saturated carbocycles. The Morgan fingerprint density at radius 1 is 0.789 bits per heavy atom. The molecule has 0 aliphatic carbocycles. The third-order valence-corrected chi connectivity index (χ3v) is 7.11. The second-order valence-electron chi connectivity index (χ2n) is 8.81. The zero-order valence-electron chi connectivity index (χ0n) is 20.5. The summed E-state index contributed by atoms with van der Waals surface area (Å²) in [5.74, 6) is -0.525. The van der Waals surface area contributed by atoms with E-state index in [0.29, 0.717) is 16.4 Å². The lowest BCUT2D eigenvalue weighted by molar-refractivity contribution is 0.102. The van der Waals surface area contributed by atoms with Crippen LogP contribution in [0.1, 0.15) is 10.4 Å². The van der Waals surface area contributed by atoms with Crippen LogP contribution in [-0.4, -0.2) is 20.7 Å². The molecule has 2 heterocycles. The van der Waals surface area contributed by atoms with Crippen molar-refractivity contribution in [2.75, 3.05) is 5.32 Å². The van der Waals surface area contributed by atoms with Crippen molar-refractivity contribution in [2.45, 2.75) is 0 Å². The topological polar surface area (TPSA) is 76.9 Å². The van der Waals surface area contributed by atoms with Gasteiger partial charge in [-0.15, -0.1) is 11.3 Å². The summed E-state index contributed by atoms with van der Waals surface area (Å²) in [6.45, 7) is 0. The van der Waals surface area contributed by atoms with Gasteiger partial charge in [0.25, 0.3) is 11.5 Å². The Morgan fingerprint density at radius 2 is 1.45 bits per heavy atom. The van der Waals surface area contributed by atoms with Crippen molar-refractivity contribution in [1.82, 2.24) is 14.8 Å². The summed E-state index contributed by atoms with van der Waals surface area (Å²) in [7, 11) is 1.56. The number of aromatic nitrogens is 3. The van der Waals surface area contributed by atoms with Crippen molar-refractivity contribution in [1.29, 1.82) is 0 Å². The molecule has 6 aromatic rings. The molecule has 0 saturated heterocycles. The SMILES string of the molecule is Cn1nc(-c2ccccc2)c(-c2ccccc2)c(C(=O)Nc2nc(-c3ccc4ccccc4c3)cs2)c1=O. The molecule has 6 rings (SSSR count). The maximum Gasteiger partial charge on any atom is 0.280 e. The van der Waals surface area contributed by atoms with E-state index in [4.69, 9.17) is 0 Å². The van der Waals surface area contributed by atoms with Crippen LogP contribution >= 0.6 is 11.3 Å². The number of amides is 1. The highest BCUT2D eigenvalue weighted by molar-refractivity contribution is 7.14. The highest BCUT2D eigenvalue weighted by Crippen LogP contribution is 2.33. The fraction of sp³-hybridized carbons (Fsp3) is 0.0323. The summed E-state index contributed by atoms with van der Waals surface area (Å²) < 4.78 is 1.21. The van der Waals surface area contributed by atoms with Crippen molar-refractivity contribution >= 4 is 33.1 Å².